The zero-order chi connectivity index (χ0) is 14.4. The lowest BCUT2D eigenvalue weighted by atomic mass is 9.78. The van der Waals surface area contributed by atoms with E-state index in [0.717, 1.165) is 50.3 Å². The summed E-state index contributed by atoms with van der Waals surface area (Å²) in [6.07, 6.45) is 7.74. The molecule has 1 spiro atoms. The number of aryl methyl sites for hydroxylation is 1. The zero-order valence-electron chi connectivity index (χ0n) is 13.2. The van der Waals surface area contributed by atoms with Crippen LogP contribution in [0.15, 0.2) is 6.20 Å². The molecule has 1 amide bonds. The Morgan fingerprint density at radius 3 is 2.64 bits per heavy atom. The molecule has 2 aliphatic heterocycles. The van der Waals surface area contributed by atoms with Crippen LogP contribution in [0.4, 0.5) is 0 Å². The van der Waals surface area contributed by atoms with Gasteiger partial charge in [0, 0.05) is 32.6 Å². The Labute approximate surface area is 137 Å². The maximum absolute atomic E-state index is 12.8. The molecule has 0 aromatic carbocycles. The lowest BCUT2D eigenvalue weighted by Gasteiger charge is -2.38. The van der Waals surface area contributed by atoms with E-state index in [-0.39, 0.29) is 18.3 Å². The van der Waals surface area contributed by atoms with Crippen LogP contribution in [0.1, 0.15) is 54.1 Å². The summed E-state index contributed by atoms with van der Waals surface area (Å²) in [5, 5.41) is 7.80. The average molecular weight is 325 g/mol. The first kappa shape index (κ1) is 15.8. The molecule has 1 N–H and O–H groups in total. The van der Waals surface area contributed by atoms with Gasteiger partial charge in [0.25, 0.3) is 5.91 Å². The van der Waals surface area contributed by atoms with Gasteiger partial charge in [-0.1, -0.05) is 0 Å². The Bertz CT molecular complexity index is 550. The lowest BCUT2D eigenvalue weighted by molar-refractivity contribution is 0.0606. The molecule has 122 valence electrons. The maximum atomic E-state index is 12.8. The summed E-state index contributed by atoms with van der Waals surface area (Å²) < 4.78 is 1.90. The topological polar surface area (TPSA) is 50.2 Å². The first-order valence-electron chi connectivity index (χ1n) is 8.20. The Morgan fingerprint density at radius 1 is 1.32 bits per heavy atom. The molecule has 5 nitrogen and oxygen atoms in total. The summed E-state index contributed by atoms with van der Waals surface area (Å²) >= 11 is 0. The molecule has 6 heteroatoms. The molecular formula is C16H25ClN4O. The standard InChI is InChI=1S/C16H24N4O.ClH/c1-19-14(12-2-3-12)13(10-18-19)15(21)20-8-5-16(6-9-20)4-7-17-11-16;/h10,12,17H,2-9,11H2,1H3;1H. The van der Waals surface area contributed by atoms with Gasteiger partial charge in [-0.2, -0.15) is 5.10 Å². The number of carbonyl (C=O) groups excluding carboxylic acids is 1. The summed E-state index contributed by atoms with van der Waals surface area (Å²) in [7, 11) is 1.96. The van der Waals surface area contributed by atoms with Crippen molar-refractivity contribution in [2.75, 3.05) is 26.2 Å². The van der Waals surface area contributed by atoms with Crippen molar-refractivity contribution < 1.29 is 4.79 Å². The van der Waals surface area contributed by atoms with E-state index in [4.69, 9.17) is 0 Å². The van der Waals surface area contributed by atoms with E-state index in [2.05, 4.69) is 10.4 Å². The van der Waals surface area contributed by atoms with Crippen molar-refractivity contribution in [2.45, 2.75) is 38.0 Å². The van der Waals surface area contributed by atoms with Gasteiger partial charge < -0.3 is 10.2 Å². The Hall–Kier alpha value is -1.07. The molecule has 3 heterocycles. The number of aromatic nitrogens is 2. The second kappa shape index (κ2) is 5.85. The minimum Gasteiger partial charge on any atom is -0.338 e. The first-order valence-corrected chi connectivity index (χ1v) is 8.20. The Morgan fingerprint density at radius 2 is 2.05 bits per heavy atom. The number of carbonyl (C=O) groups is 1. The number of piperidine rings is 1. The lowest BCUT2D eigenvalue weighted by Crippen LogP contribution is -2.44. The van der Waals surface area contributed by atoms with Gasteiger partial charge in [-0.25, -0.2) is 0 Å². The van der Waals surface area contributed by atoms with E-state index >= 15 is 0 Å². The summed E-state index contributed by atoms with van der Waals surface area (Å²) in [5.74, 6) is 0.762. The molecule has 4 rings (SSSR count). The van der Waals surface area contributed by atoms with Gasteiger partial charge in [-0.05, 0) is 44.1 Å². The minimum atomic E-state index is 0. The van der Waals surface area contributed by atoms with Crippen LogP contribution >= 0.6 is 12.4 Å². The molecule has 1 aromatic rings. The SMILES string of the molecule is Cl.Cn1ncc(C(=O)N2CCC3(CCNC3)CC2)c1C1CC1. The van der Waals surface area contributed by atoms with Crippen LogP contribution in [0, 0.1) is 5.41 Å². The molecule has 0 unspecified atom stereocenters. The average Bonchev–Trinajstić information content (AvgIpc) is 3.12. The summed E-state index contributed by atoms with van der Waals surface area (Å²) in [6, 6.07) is 0. The van der Waals surface area contributed by atoms with E-state index in [1.54, 1.807) is 6.20 Å². The highest BCUT2D eigenvalue weighted by molar-refractivity contribution is 5.95. The van der Waals surface area contributed by atoms with E-state index in [1.165, 1.54) is 19.3 Å². The van der Waals surface area contributed by atoms with Gasteiger partial charge in [0.15, 0.2) is 0 Å². The van der Waals surface area contributed by atoms with E-state index in [1.807, 2.05) is 16.6 Å². The minimum absolute atomic E-state index is 0. The predicted octanol–water partition coefficient (Wildman–Crippen LogP) is 1.94. The molecule has 0 radical (unpaired) electrons. The molecule has 2 saturated heterocycles. The number of halogens is 1. The molecule has 1 aromatic heterocycles. The second-order valence-corrected chi connectivity index (χ2v) is 7.06. The van der Waals surface area contributed by atoms with Gasteiger partial charge in [-0.3, -0.25) is 9.48 Å². The third-order valence-corrected chi connectivity index (χ3v) is 5.62. The van der Waals surface area contributed by atoms with Crippen molar-refractivity contribution in [1.29, 1.82) is 0 Å². The molecule has 3 fully saturated rings. The molecule has 1 aliphatic carbocycles. The fraction of sp³-hybridized carbons (Fsp3) is 0.750. The van der Waals surface area contributed by atoms with Crippen LogP contribution in [0.2, 0.25) is 0 Å². The van der Waals surface area contributed by atoms with Gasteiger partial charge in [0.05, 0.1) is 17.5 Å². The predicted molar refractivity (Wildman–Crippen MR) is 87.5 cm³/mol. The normalized spacial score (nSPS) is 23.6. The molecule has 22 heavy (non-hydrogen) atoms. The highest BCUT2D eigenvalue weighted by atomic mass is 35.5. The fourth-order valence-electron chi connectivity index (χ4n) is 4.03. The molecule has 0 atom stereocenters. The van der Waals surface area contributed by atoms with Crippen LogP contribution in [-0.2, 0) is 7.05 Å². The molecular weight excluding hydrogens is 300 g/mol. The number of nitrogens with zero attached hydrogens (tertiary/aromatic N) is 3. The van der Waals surface area contributed by atoms with Crippen LogP contribution in [-0.4, -0.2) is 46.8 Å². The summed E-state index contributed by atoms with van der Waals surface area (Å²) in [5.41, 5.74) is 2.47. The first-order chi connectivity index (χ1) is 10.2. The van der Waals surface area contributed by atoms with Gasteiger partial charge in [-0.15, -0.1) is 12.4 Å². The highest BCUT2D eigenvalue weighted by Gasteiger charge is 2.39. The number of hydrogen-bond acceptors (Lipinski definition) is 3. The van der Waals surface area contributed by atoms with Crippen LogP contribution in [0.3, 0.4) is 0 Å². The highest BCUT2D eigenvalue weighted by Crippen LogP contribution is 2.42. The number of nitrogens with one attached hydrogen (secondary N) is 1. The molecule has 3 aliphatic rings. The van der Waals surface area contributed by atoms with Gasteiger partial charge in [0.2, 0.25) is 0 Å². The van der Waals surface area contributed by atoms with Crippen molar-refractivity contribution >= 4 is 18.3 Å². The number of rotatable bonds is 2. The zero-order valence-corrected chi connectivity index (χ0v) is 14.0. The van der Waals surface area contributed by atoms with Gasteiger partial charge >= 0.3 is 0 Å². The maximum Gasteiger partial charge on any atom is 0.257 e. The summed E-state index contributed by atoms with van der Waals surface area (Å²) in [6.45, 7) is 4.08. The second-order valence-electron chi connectivity index (χ2n) is 7.06. The van der Waals surface area contributed by atoms with Crippen LogP contribution < -0.4 is 5.32 Å². The van der Waals surface area contributed by atoms with Crippen molar-refractivity contribution in [3.63, 3.8) is 0 Å². The third-order valence-electron chi connectivity index (χ3n) is 5.62. The largest absolute Gasteiger partial charge is 0.338 e. The molecule has 0 bridgehead atoms. The number of hydrogen-bond donors (Lipinski definition) is 1. The quantitative estimate of drug-likeness (QED) is 0.904. The Balaban J connectivity index is 0.00000144. The monoisotopic (exact) mass is 324 g/mol. The van der Waals surface area contributed by atoms with Crippen LogP contribution in [0.25, 0.3) is 0 Å². The third kappa shape index (κ3) is 2.65. The Kier molecular flexibility index (Phi) is 4.21. The van der Waals surface area contributed by atoms with E-state index < -0.39 is 0 Å². The number of amides is 1. The smallest absolute Gasteiger partial charge is 0.257 e. The van der Waals surface area contributed by atoms with Crippen LogP contribution in [0.5, 0.6) is 0 Å². The number of likely N-dealkylation sites (tertiary alicyclic amines) is 1. The van der Waals surface area contributed by atoms with Crippen molar-refractivity contribution in [1.82, 2.24) is 20.0 Å². The van der Waals surface area contributed by atoms with Crippen molar-refractivity contribution in [3.05, 3.63) is 17.5 Å². The summed E-state index contributed by atoms with van der Waals surface area (Å²) in [4.78, 5) is 14.9. The van der Waals surface area contributed by atoms with Gasteiger partial charge in [0.1, 0.15) is 0 Å². The fourth-order valence-corrected chi connectivity index (χ4v) is 4.03. The van der Waals surface area contributed by atoms with E-state index in [0.29, 0.717) is 11.3 Å². The van der Waals surface area contributed by atoms with Crippen molar-refractivity contribution in [3.8, 4) is 0 Å². The van der Waals surface area contributed by atoms with Crippen molar-refractivity contribution in [2.24, 2.45) is 12.5 Å². The molecule has 1 saturated carbocycles. The van der Waals surface area contributed by atoms with E-state index in [9.17, 15) is 4.79 Å².